The molecule has 2 aromatic rings. The number of benzene rings is 2. The van der Waals surface area contributed by atoms with E-state index in [1.54, 1.807) is 30.3 Å². The Morgan fingerprint density at radius 3 is 2.45 bits per heavy atom. The topological polar surface area (TPSA) is 61.4 Å². The first-order valence-corrected chi connectivity index (χ1v) is 5.82. The molecule has 1 atom stereocenters. The fourth-order valence-electron chi connectivity index (χ4n) is 1.58. The van der Waals surface area contributed by atoms with E-state index in [2.05, 4.69) is 10.9 Å². The molecule has 104 valence electrons. The minimum absolute atomic E-state index is 0.224. The van der Waals surface area contributed by atoms with E-state index in [0.717, 1.165) is 6.07 Å². The summed E-state index contributed by atoms with van der Waals surface area (Å²) < 4.78 is 26.3. The van der Waals surface area contributed by atoms with Crippen LogP contribution in [0.25, 0.3) is 0 Å². The van der Waals surface area contributed by atoms with Crippen LogP contribution in [0.3, 0.4) is 0 Å². The molecule has 1 amide bonds. The minimum atomic E-state index is -1.40. The Kier molecular flexibility index (Phi) is 4.27. The van der Waals surface area contributed by atoms with Crippen LogP contribution in [0.4, 0.5) is 14.5 Å². The predicted molar refractivity (Wildman–Crippen MR) is 69.5 cm³/mol. The molecular weight excluding hydrogens is 266 g/mol. The summed E-state index contributed by atoms with van der Waals surface area (Å²) in [5.41, 5.74) is 4.52. The average molecular weight is 278 g/mol. The van der Waals surface area contributed by atoms with Crippen LogP contribution < -0.4 is 10.9 Å². The summed E-state index contributed by atoms with van der Waals surface area (Å²) in [5.74, 6) is -2.92. The van der Waals surface area contributed by atoms with Gasteiger partial charge in [-0.05, 0) is 17.7 Å². The Labute approximate surface area is 114 Å². The highest BCUT2D eigenvalue weighted by molar-refractivity contribution is 5.83. The highest BCUT2D eigenvalue weighted by Gasteiger charge is 2.17. The summed E-state index contributed by atoms with van der Waals surface area (Å²) in [7, 11) is 0. The minimum Gasteiger partial charge on any atom is -0.378 e. The standard InChI is InChI=1S/C14H12F2N2O2/c15-10-7-4-8-11(12(10)16)17-18-14(20)13(19)9-5-2-1-3-6-9/h1-8,13,17,19H,(H,18,20). The molecule has 0 aromatic heterocycles. The van der Waals surface area contributed by atoms with Crippen molar-refractivity contribution in [3.63, 3.8) is 0 Å². The lowest BCUT2D eigenvalue weighted by Crippen LogP contribution is -2.34. The van der Waals surface area contributed by atoms with E-state index >= 15 is 0 Å². The number of rotatable bonds is 4. The van der Waals surface area contributed by atoms with Crippen LogP contribution in [-0.4, -0.2) is 11.0 Å². The number of hydrazine groups is 1. The molecule has 0 bridgehead atoms. The summed E-state index contributed by atoms with van der Waals surface area (Å²) in [6, 6.07) is 11.8. The zero-order valence-corrected chi connectivity index (χ0v) is 10.3. The normalized spacial score (nSPS) is 11.8. The van der Waals surface area contributed by atoms with Crippen LogP contribution in [0, 0.1) is 11.6 Å². The number of amides is 1. The molecule has 0 saturated heterocycles. The lowest BCUT2D eigenvalue weighted by Gasteiger charge is -2.13. The second-order valence-corrected chi connectivity index (χ2v) is 4.03. The quantitative estimate of drug-likeness (QED) is 0.751. The summed E-state index contributed by atoms with van der Waals surface area (Å²) in [6.45, 7) is 0. The van der Waals surface area contributed by atoms with Gasteiger partial charge in [0, 0.05) is 0 Å². The van der Waals surface area contributed by atoms with E-state index in [4.69, 9.17) is 0 Å². The van der Waals surface area contributed by atoms with Gasteiger partial charge in [-0.3, -0.25) is 15.6 Å². The molecular formula is C14H12F2N2O2. The number of anilines is 1. The van der Waals surface area contributed by atoms with Crippen LogP contribution >= 0.6 is 0 Å². The number of hydrogen-bond acceptors (Lipinski definition) is 3. The molecule has 0 spiro atoms. The highest BCUT2D eigenvalue weighted by atomic mass is 19.2. The van der Waals surface area contributed by atoms with Crippen molar-refractivity contribution in [3.05, 3.63) is 65.7 Å². The van der Waals surface area contributed by atoms with Gasteiger partial charge in [-0.1, -0.05) is 36.4 Å². The summed E-state index contributed by atoms with van der Waals surface area (Å²) in [4.78, 5) is 11.7. The van der Waals surface area contributed by atoms with Crippen LogP contribution in [-0.2, 0) is 4.79 Å². The molecule has 2 aromatic carbocycles. The Balaban J connectivity index is 2.00. The number of aliphatic hydroxyl groups excluding tert-OH is 1. The third-order valence-electron chi connectivity index (χ3n) is 2.64. The van der Waals surface area contributed by atoms with Crippen molar-refractivity contribution < 1.29 is 18.7 Å². The lowest BCUT2D eigenvalue weighted by molar-refractivity contribution is -0.129. The van der Waals surface area contributed by atoms with Crippen molar-refractivity contribution in [2.24, 2.45) is 0 Å². The molecule has 2 rings (SSSR count). The number of carbonyl (C=O) groups is 1. The van der Waals surface area contributed by atoms with Crippen molar-refractivity contribution in [1.29, 1.82) is 0 Å². The first-order valence-electron chi connectivity index (χ1n) is 5.82. The summed E-state index contributed by atoms with van der Waals surface area (Å²) >= 11 is 0. The van der Waals surface area contributed by atoms with Gasteiger partial charge in [0.25, 0.3) is 5.91 Å². The fourth-order valence-corrected chi connectivity index (χ4v) is 1.58. The maximum atomic E-state index is 13.3. The lowest BCUT2D eigenvalue weighted by atomic mass is 10.1. The van der Waals surface area contributed by atoms with Gasteiger partial charge in [0.05, 0.1) is 5.69 Å². The Bertz CT molecular complexity index is 605. The molecule has 0 fully saturated rings. The fraction of sp³-hybridized carbons (Fsp3) is 0.0714. The maximum absolute atomic E-state index is 13.3. The molecule has 6 heteroatoms. The number of halogens is 2. The van der Waals surface area contributed by atoms with E-state index < -0.39 is 23.6 Å². The van der Waals surface area contributed by atoms with E-state index in [-0.39, 0.29) is 5.69 Å². The molecule has 1 unspecified atom stereocenters. The first-order chi connectivity index (χ1) is 9.59. The van der Waals surface area contributed by atoms with Crippen LogP contribution in [0.1, 0.15) is 11.7 Å². The second kappa shape index (κ2) is 6.12. The summed E-state index contributed by atoms with van der Waals surface area (Å²) in [6.07, 6.45) is -1.40. The van der Waals surface area contributed by atoms with Crippen LogP contribution in [0.15, 0.2) is 48.5 Å². The van der Waals surface area contributed by atoms with Crippen molar-refractivity contribution in [2.75, 3.05) is 5.43 Å². The van der Waals surface area contributed by atoms with Gasteiger partial charge in [0.15, 0.2) is 17.7 Å². The van der Waals surface area contributed by atoms with Crippen molar-refractivity contribution in [3.8, 4) is 0 Å². The number of nitrogens with one attached hydrogen (secondary N) is 2. The Morgan fingerprint density at radius 2 is 1.75 bits per heavy atom. The van der Waals surface area contributed by atoms with Crippen molar-refractivity contribution >= 4 is 11.6 Å². The van der Waals surface area contributed by atoms with Crippen LogP contribution in [0.5, 0.6) is 0 Å². The highest BCUT2D eigenvalue weighted by Crippen LogP contribution is 2.16. The SMILES string of the molecule is O=C(NNc1cccc(F)c1F)C(O)c1ccccc1. The van der Waals surface area contributed by atoms with Gasteiger partial charge in [-0.25, -0.2) is 8.78 Å². The van der Waals surface area contributed by atoms with E-state index in [0.29, 0.717) is 5.56 Å². The zero-order chi connectivity index (χ0) is 14.5. The van der Waals surface area contributed by atoms with Gasteiger partial charge in [-0.2, -0.15) is 0 Å². The Morgan fingerprint density at radius 1 is 1.05 bits per heavy atom. The van der Waals surface area contributed by atoms with Gasteiger partial charge in [0.2, 0.25) is 0 Å². The van der Waals surface area contributed by atoms with Gasteiger partial charge < -0.3 is 5.11 Å². The average Bonchev–Trinajstić information content (AvgIpc) is 2.48. The number of aliphatic hydroxyl groups is 1. The van der Waals surface area contributed by atoms with Crippen molar-refractivity contribution in [2.45, 2.75) is 6.10 Å². The largest absolute Gasteiger partial charge is 0.378 e. The monoisotopic (exact) mass is 278 g/mol. The molecule has 0 heterocycles. The molecule has 0 saturated carbocycles. The summed E-state index contributed by atoms with van der Waals surface area (Å²) in [5, 5.41) is 9.77. The molecule has 0 aliphatic heterocycles. The smallest absolute Gasteiger partial charge is 0.271 e. The molecule has 4 nitrogen and oxygen atoms in total. The van der Waals surface area contributed by atoms with Gasteiger partial charge in [0.1, 0.15) is 0 Å². The zero-order valence-electron chi connectivity index (χ0n) is 10.3. The van der Waals surface area contributed by atoms with E-state index in [1.807, 2.05) is 0 Å². The van der Waals surface area contributed by atoms with Gasteiger partial charge >= 0.3 is 0 Å². The third kappa shape index (κ3) is 3.10. The maximum Gasteiger partial charge on any atom is 0.271 e. The van der Waals surface area contributed by atoms with Crippen molar-refractivity contribution in [1.82, 2.24) is 5.43 Å². The number of carbonyl (C=O) groups excluding carboxylic acids is 1. The molecule has 0 radical (unpaired) electrons. The first kappa shape index (κ1) is 14.0. The van der Waals surface area contributed by atoms with Crippen LogP contribution in [0.2, 0.25) is 0 Å². The van der Waals surface area contributed by atoms with E-state index in [9.17, 15) is 18.7 Å². The molecule has 0 aliphatic carbocycles. The second-order valence-electron chi connectivity index (χ2n) is 4.03. The Hall–Kier alpha value is -2.47. The predicted octanol–water partition coefficient (Wildman–Crippen LogP) is 2.14. The van der Waals surface area contributed by atoms with Gasteiger partial charge in [-0.15, -0.1) is 0 Å². The number of hydrogen-bond donors (Lipinski definition) is 3. The molecule has 20 heavy (non-hydrogen) atoms. The third-order valence-corrected chi connectivity index (χ3v) is 2.64. The molecule has 3 N–H and O–H groups in total. The molecule has 0 aliphatic rings. The van der Waals surface area contributed by atoms with E-state index in [1.165, 1.54) is 12.1 Å².